The number of anilines is 1. The maximum absolute atomic E-state index is 10.9. The SMILES string of the molecule is CCc1nc(N2CCCC2(C)C)sc1C=O. The molecule has 1 aliphatic rings. The summed E-state index contributed by atoms with van der Waals surface area (Å²) in [5, 5.41) is 1.02. The van der Waals surface area contributed by atoms with Crippen molar-refractivity contribution in [3.8, 4) is 0 Å². The Balaban J connectivity index is 2.34. The summed E-state index contributed by atoms with van der Waals surface area (Å²) in [5.41, 5.74) is 1.13. The molecule has 0 aromatic carbocycles. The molecule has 4 heteroatoms. The molecule has 0 unspecified atom stereocenters. The van der Waals surface area contributed by atoms with Crippen LogP contribution in [0.25, 0.3) is 0 Å². The second-order valence-corrected chi connectivity index (χ2v) is 5.86. The standard InChI is InChI=1S/C12H18N2OS/c1-4-9-10(8-15)16-11(13-9)14-7-5-6-12(14,2)3/h8H,4-7H2,1-3H3. The van der Waals surface area contributed by atoms with Crippen molar-refractivity contribution in [2.45, 2.75) is 45.6 Å². The van der Waals surface area contributed by atoms with Crippen molar-refractivity contribution < 1.29 is 4.79 Å². The molecule has 16 heavy (non-hydrogen) atoms. The van der Waals surface area contributed by atoms with Crippen molar-refractivity contribution >= 4 is 22.8 Å². The van der Waals surface area contributed by atoms with Gasteiger partial charge in [0, 0.05) is 12.1 Å². The molecule has 2 heterocycles. The fraction of sp³-hybridized carbons (Fsp3) is 0.667. The summed E-state index contributed by atoms with van der Waals surface area (Å²) in [6.45, 7) is 7.59. The Morgan fingerprint density at radius 1 is 1.56 bits per heavy atom. The van der Waals surface area contributed by atoms with E-state index in [1.807, 2.05) is 6.92 Å². The van der Waals surface area contributed by atoms with Gasteiger partial charge in [-0.1, -0.05) is 18.3 Å². The van der Waals surface area contributed by atoms with Crippen molar-refractivity contribution in [3.63, 3.8) is 0 Å². The first-order valence-corrected chi connectivity index (χ1v) is 6.62. The van der Waals surface area contributed by atoms with E-state index in [4.69, 9.17) is 0 Å². The van der Waals surface area contributed by atoms with Crippen LogP contribution in [-0.4, -0.2) is 23.4 Å². The van der Waals surface area contributed by atoms with E-state index in [0.29, 0.717) is 0 Å². The molecule has 1 aliphatic heterocycles. The number of carbonyl (C=O) groups excluding carboxylic acids is 1. The molecule has 1 aromatic heterocycles. The first kappa shape index (κ1) is 11.6. The molecule has 3 nitrogen and oxygen atoms in total. The fourth-order valence-electron chi connectivity index (χ4n) is 2.27. The van der Waals surface area contributed by atoms with Crippen LogP contribution in [-0.2, 0) is 6.42 Å². The van der Waals surface area contributed by atoms with E-state index < -0.39 is 0 Å². The largest absolute Gasteiger partial charge is 0.343 e. The van der Waals surface area contributed by atoms with E-state index >= 15 is 0 Å². The quantitative estimate of drug-likeness (QED) is 0.759. The molecule has 0 radical (unpaired) electrons. The van der Waals surface area contributed by atoms with Gasteiger partial charge in [-0.15, -0.1) is 0 Å². The van der Waals surface area contributed by atoms with E-state index in [1.54, 1.807) is 0 Å². The molecule has 2 rings (SSSR count). The average Bonchev–Trinajstić information content (AvgIpc) is 2.80. The number of nitrogens with zero attached hydrogens (tertiary/aromatic N) is 2. The van der Waals surface area contributed by atoms with Crippen LogP contribution >= 0.6 is 11.3 Å². The Morgan fingerprint density at radius 3 is 2.75 bits per heavy atom. The molecule has 88 valence electrons. The molecule has 0 amide bonds. The lowest BCUT2D eigenvalue weighted by Crippen LogP contribution is -2.38. The van der Waals surface area contributed by atoms with Gasteiger partial charge in [-0.3, -0.25) is 4.79 Å². The molecule has 0 aliphatic carbocycles. The predicted octanol–water partition coefficient (Wildman–Crippen LogP) is 2.90. The Hall–Kier alpha value is -0.900. The minimum Gasteiger partial charge on any atom is -0.343 e. The Labute approximate surface area is 100 Å². The smallest absolute Gasteiger partial charge is 0.186 e. The second-order valence-electron chi connectivity index (χ2n) is 4.85. The van der Waals surface area contributed by atoms with Crippen LogP contribution in [0.5, 0.6) is 0 Å². The Bertz CT molecular complexity index is 398. The first-order chi connectivity index (χ1) is 7.58. The highest BCUT2D eigenvalue weighted by Crippen LogP contribution is 2.36. The molecule has 1 fully saturated rings. The third-order valence-corrected chi connectivity index (χ3v) is 4.34. The molecule has 0 N–H and O–H groups in total. The first-order valence-electron chi connectivity index (χ1n) is 5.81. The zero-order valence-corrected chi connectivity index (χ0v) is 10.9. The molecular formula is C12H18N2OS. The van der Waals surface area contributed by atoms with Crippen LogP contribution in [0.1, 0.15) is 49.0 Å². The summed E-state index contributed by atoms with van der Waals surface area (Å²) in [6.07, 6.45) is 4.18. The van der Waals surface area contributed by atoms with Gasteiger partial charge in [-0.05, 0) is 33.1 Å². The number of thiazole rings is 1. The molecule has 0 spiro atoms. The number of aldehydes is 1. The topological polar surface area (TPSA) is 33.2 Å². The van der Waals surface area contributed by atoms with Crippen molar-refractivity contribution in [3.05, 3.63) is 10.6 Å². The molecule has 0 atom stereocenters. The van der Waals surface area contributed by atoms with Crippen LogP contribution in [0.15, 0.2) is 0 Å². The minimum atomic E-state index is 0.184. The molecule has 0 bridgehead atoms. The lowest BCUT2D eigenvalue weighted by molar-refractivity contribution is 0.112. The van der Waals surface area contributed by atoms with Crippen LogP contribution < -0.4 is 4.90 Å². The summed E-state index contributed by atoms with van der Waals surface area (Å²) in [4.78, 5) is 18.6. The molecule has 1 saturated heterocycles. The maximum atomic E-state index is 10.9. The Morgan fingerprint density at radius 2 is 2.31 bits per heavy atom. The van der Waals surface area contributed by atoms with Crippen molar-refractivity contribution in [2.75, 3.05) is 11.4 Å². The highest BCUT2D eigenvalue weighted by Gasteiger charge is 2.34. The number of rotatable bonds is 3. The molecular weight excluding hydrogens is 220 g/mol. The Kier molecular flexibility index (Phi) is 3.02. The highest BCUT2D eigenvalue weighted by atomic mass is 32.1. The van der Waals surface area contributed by atoms with Gasteiger partial charge in [0.2, 0.25) is 0 Å². The van der Waals surface area contributed by atoms with E-state index in [9.17, 15) is 4.79 Å². The number of aryl methyl sites for hydroxylation is 1. The van der Waals surface area contributed by atoms with Crippen LogP contribution in [0.3, 0.4) is 0 Å². The van der Waals surface area contributed by atoms with Crippen LogP contribution in [0.2, 0.25) is 0 Å². The highest BCUT2D eigenvalue weighted by molar-refractivity contribution is 7.17. The summed E-state index contributed by atoms with van der Waals surface area (Å²) in [5.74, 6) is 0. The maximum Gasteiger partial charge on any atom is 0.186 e. The number of hydrogen-bond acceptors (Lipinski definition) is 4. The summed E-state index contributed by atoms with van der Waals surface area (Å²) in [7, 11) is 0. The van der Waals surface area contributed by atoms with E-state index in [-0.39, 0.29) is 5.54 Å². The van der Waals surface area contributed by atoms with Crippen LogP contribution in [0.4, 0.5) is 5.13 Å². The predicted molar refractivity (Wildman–Crippen MR) is 67.5 cm³/mol. The van der Waals surface area contributed by atoms with Gasteiger partial charge in [0.1, 0.15) is 0 Å². The second kappa shape index (κ2) is 4.17. The third kappa shape index (κ3) is 1.86. The lowest BCUT2D eigenvalue weighted by Gasteiger charge is -2.31. The molecule has 1 aromatic rings. The van der Waals surface area contributed by atoms with Crippen molar-refractivity contribution in [1.29, 1.82) is 0 Å². The normalized spacial score (nSPS) is 19.1. The van der Waals surface area contributed by atoms with Gasteiger partial charge >= 0.3 is 0 Å². The van der Waals surface area contributed by atoms with Crippen molar-refractivity contribution in [2.24, 2.45) is 0 Å². The van der Waals surface area contributed by atoms with Gasteiger partial charge in [-0.2, -0.15) is 0 Å². The summed E-state index contributed by atoms with van der Waals surface area (Å²) >= 11 is 1.53. The van der Waals surface area contributed by atoms with E-state index in [2.05, 4.69) is 23.7 Å². The van der Waals surface area contributed by atoms with Gasteiger partial charge in [0.15, 0.2) is 11.4 Å². The van der Waals surface area contributed by atoms with E-state index in [1.165, 1.54) is 24.2 Å². The van der Waals surface area contributed by atoms with Crippen LogP contribution in [0, 0.1) is 0 Å². The fourth-order valence-corrected chi connectivity index (χ4v) is 3.43. The minimum absolute atomic E-state index is 0.184. The van der Waals surface area contributed by atoms with Gasteiger partial charge in [0.05, 0.1) is 10.6 Å². The zero-order valence-electron chi connectivity index (χ0n) is 10.1. The number of hydrogen-bond donors (Lipinski definition) is 0. The average molecular weight is 238 g/mol. The lowest BCUT2D eigenvalue weighted by atomic mass is 10.0. The van der Waals surface area contributed by atoms with E-state index in [0.717, 1.165) is 35.0 Å². The number of carbonyl (C=O) groups is 1. The monoisotopic (exact) mass is 238 g/mol. The van der Waals surface area contributed by atoms with Gasteiger partial charge < -0.3 is 4.90 Å². The summed E-state index contributed by atoms with van der Waals surface area (Å²) < 4.78 is 0. The summed E-state index contributed by atoms with van der Waals surface area (Å²) in [6, 6.07) is 0. The molecule has 0 saturated carbocycles. The zero-order chi connectivity index (χ0) is 11.8. The van der Waals surface area contributed by atoms with Gasteiger partial charge in [0.25, 0.3) is 0 Å². The van der Waals surface area contributed by atoms with Gasteiger partial charge in [-0.25, -0.2) is 4.98 Å². The van der Waals surface area contributed by atoms with Crippen molar-refractivity contribution in [1.82, 2.24) is 4.98 Å². The third-order valence-electron chi connectivity index (χ3n) is 3.29. The number of aromatic nitrogens is 1.